The van der Waals surface area contributed by atoms with E-state index in [0.29, 0.717) is 23.7 Å². The predicted octanol–water partition coefficient (Wildman–Crippen LogP) is 3.68. The van der Waals surface area contributed by atoms with E-state index in [4.69, 9.17) is 4.74 Å². The average Bonchev–Trinajstić information content (AvgIpc) is 3.07. The maximum atomic E-state index is 12.3. The molecular weight excluding hydrogens is 310 g/mol. The van der Waals surface area contributed by atoms with Crippen molar-refractivity contribution in [3.63, 3.8) is 0 Å². The van der Waals surface area contributed by atoms with Gasteiger partial charge in [-0.3, -0.25) is 4.79 Å². The number of carbonyl (C=O) groups excluding carboxylic acids is 1. The molecule has 0 spiro atoms. The number of benzene rings is 1. The Bertz CT molecular complexity index is 803. The highest BCUT2D eigenvalue weighted by Gasteiger charge is 2.08. The number of hydrogen-bond donors (Lipinski definition) is 1. The molecule has 116 valence electrons. The van der Waals surface area contributed by atoms with Crippen molar-refractivity contribution in [2.75, 3.05) is 5.32 Å². The predicted molar refractivity (Wildman–Crippen MR) is 89.8 cm³/mol. The quantitative estimate of drug-likeness (QED) is 0.777. The van der Waals surface area contributed by atoms with Crippen molar-refractivity contribution < 1.29 is 9.53 Å². The smallest absolute Gasteiger partial charge is 0.256 e. The van der Waals surface area contributed by atoms with Gasteiger partial charge in [-0.2, -0.15) is 0 Å². The summed E-state index contributed by atoms with van der Waals surface area (Å²) in [6.07, 6.45) is 0. The van der Waals surface area contributed by atoms with Crippen LogP contribution in [-0.2, 0) is 6.61 Å². The minimum absolute atomic E-state index is 0.220. The van der Waals surface area contributed by atoms with Gasteiger partial charge in [-0.25, -0.2) is 9.97 Å². The fraction of sp³-hybridized carbons (Fsp3) is 0.118. The van der Waals surface area contributed by atoms with Crippen LogP contribution in [0.4, 0.5) is 5.82 Å². The maximum absolute atomic E-state index is 12.3. The second-order valence-electron chi connectivity index (χ2n) is 4.91. The number of amides is 1. The van der Waals surface area contributed by atoms with Crippen molar-refractivity contribution in [1.82, 2.24) is 9.97 Å². The summed E-state index contributed by atoms with van der Waals surface area (Å²) >= 11 is 1.52. The van der Waals surface area contributed by atoms with Crippen molar-refractivity contribution in [3.05, 3.63) is 70.3 Å². The third-order valence-corrected chi connectivity index (χ3v) is 3.73. The summed E-state index contributed by atoms with van der Waals surface area (Å²) in [7, 11) is 0. The lowest BCUT2D eigenvalue weighted by Crippen LogP contribution is -2.13. The van der Waals surface area contributed by atoms with E-state index in [1.165, 1.54) is 11.3 Å². The van der Waals surface area contributed by atoms with Gasteiger partial charge in [0.25, 0.3) is 5.91 Å². The van der Waals surface area contributed by atoms with Gasteiger partial charge in [0, 0.05) is 16.6 Å². The van der Waals surface area contributed by atoms with E-state index in [1.807, 2.05) is 30.5 Å². The highest BCUT2D eigenvalue weighted by Crippen LogP contribution is 2.16. The number of thiazole rings is 1. The fourth-order valence-electron chi connectivity index (χ4n) is 1.99. The summed E-state index contributed by atoms with van der Waals surface area (Å²) in [6, 6.07) is 12.5. The second kappa shape index (κ2) is 7.02. The first-order valence-corrected chi connectivity index (χ1v) is 8.00. The van der Waals surface area contributed by atoms with Crippen molar-refractivity contribution in [2.45, 2.75) is 13.5 Å². The van der Waals surface area contributed by atoms with Crippen molar-refractivity contribution in [2.24, 2.45) is 0 Å². The first kappa shape index (κ1) is 15.2. The van der Waals surface area contributed by atoms with Gasteiger partial charge in [0.15, 0.2) is 0 Å². The lowest BCUT2D eigenvalue weighted by Gasteiger charge is -2.08. The molecule has 2 heterocycles. The molecule has 0 aliphatic carbocycles. The SMILES string of the molecule is Cc1cccc(NC(=O)c2cccc(OCc3cscn3)c2)n1. The van der Waals surface area contributed by atoms with Gasteiger partial charge in [-0.05, 0) is 37.3 Å². The van der Waals surface area contributed by atoms with Crippen LogP contribution in [0.3, 0.4) is 0 Å². The second-order valence-corrected chi connectivity index (χ2v) is 5.63. The number of aryl methyl sites for hydroxylation is 1. The standard InChI is InChI=1S/C17H15N3O2S/c1-12-4-2-7-16(19-12)20-17(21)13-5-3-6-15(8-13)22-9-14-10-23-11-18-14/h2-8,10-11H,9H2,1H3,(H,19,20,21). The van der Waals surface area contributed by atoms with Gasteiger partial charge >= 0.3 is 0 Å². The van der Waals surface area contributed by atoms with Gasteiger partial charge in [0.2, 0.25) is 0 Å². The van der Waals surface area contributed by atoms with Gasteiger partial charge < -0.3 is 10.1 Å². The summed E-state index contributed by atoms with van der Waals surface area (Å²) < 4.78 is 5.66. The average molecular weight is 325 g/mol. The molecule has 2 aromatic heterocycles. The van der Waals surface area contributed by atoms with Crippen LogP contribution in [0.5, 0.6) is 5.75 Å². The molecule has 0 fully saturated rings. The van der Waals surface area contributed by atoms with Gasteiger partial charge in [0.1, 0.15) is 18.2 Å². The Kier molecular flexibility index (Phi) is 4.63. The summed E-state index contributed by atoms with van der Waals surface area (Å²) in [4.78, 5) is 20.7. The summed E-state index contributed by atoms with van der Waals surface area (Å²) in [5, 5.41) is 4.71. The van der Waals surface area contributed by atoms with E-state index in [9.17, 15) is 4.79 Å². The molecule has 5 nitrogen and oxygen atoms in total. The van der Waals surface area contributed by atoms with Crippen LogP contribution >= 0.6 is 11.3 Å². The fourth-order valence-corrected chi connectivity index (χ4v) is 2.54. The molecule has 23 heavy (non-hydrogen) atoms. The third kappa shape index (κ3) is 4.14. The molecule has 6 heteroatoms. The number of anilines is 1. The molecule has 0 bridgehead atoms. The van der Waals surface area contributed by atoms with Crippen LogP contribution < -0.4 is 10.1 Å². The zero-order valence-electron chi connectivity index (χ0n) is 12.5. The molecule has 0 aliphatic rings. The number of rotatable bonds is 5. The molecule has 3 aromatic rings. The van der Waals surface area contributed by atoms with Crippen LogP contribution in [0.1, 0.15) is 21.7 Å². The summed E-state index contributed by atoms with van der Waals surface area (Å²) in [6.45, 7) is 2.26. The Balaban J connectivity index is 1.67. The van der Waals surface area contributed by atoms with Crippen LogP contribution in [0.2, 0.25) is 0 Å². The van der Waals surface area contributed by atoms with E-state index in [0.717, 1.165) is 11.4 Å². The highest BCUT2D eigenvalue weighted by atomic mass is 32.1. The van der Waals surface area contributed by atoms with Crippen molar-refractivity contribution in [1.29, 1.82) is 0 Å². The lowest BCUT2D eigenvalue weighted by molar-refractivity contribution is 0.102. The van der Waals surface area contributed by atoms with E-state index in [1.54, 1.807) is 29.8 Å². The molecule has 0 saturated heterocycles. The maximum Gasteiger partial charge on any atom is 0.256 e. The number of nitrogens with one attached hydrogen (secondary N) is 1. The Morgan fingerprint density at radius 2 is 2.13 bits per heavy atom. The Morgan fingerprint density at radius 3 is 2.91 bits per heavy atom. The zero-order valence-corrected chi connectivity index (χ0v) is 13.3. The van der Waals surface area contributed by atoms with Crippen LogP contribution in [-0.4, -0.2) is 15.9 Å². The van der Waals surface area contributed by atoms with Crippen molar-refractivity contribution in [3.8, 4) is 5.75 Å². The minimum Gasteiger partial charge on any atom is -0.487 e. The zero-order chi connectivity index (χ0) is 16.1. The van der Waals surface area contributed by atoms with E-state index in [-0.39, 0.29) is 5.91 Å². The molecule has 0 radical (unpaired) electrons. The number of nitrogens with zero attached hydrogens (tertiary/aromatic N) is 2. The van der Waals surface area contributed by atoms with Gasteiger partial charge in [-0.15, -0.1) is 11.3 Å². The number of aromatic nitrogens is 2. The Hall–Kier alpha value is -2.73. The monoisotopic (exact) mass is 325 g/mol. The first-order valence-electron chi connectivity index (χ1n) is 7.05. The van der Waals surface area contributed by atoms with Gasteiger partial charge in [-0.1, -0.05) is 12.1 Å². The highest BCUT2D eigenvalue weighted by molar-refractivity contribution is 7.07. The van der Waals surface area contributed by atoms with Crippen LogP contribution in [0.25, 0.3) is 0 Å². The molecule has 1 aromatic carbocycles. The Labute approximate surface area is 138 Å². The molecule has 0 saturated carbocycles. The molecule has 3 rings (SSSR count). The lowest BCUT2D eigenvalue weighted by atomic mass is 10.2. The molecule has 0 unspecified atom stereocenters. The van der Waals surface area contributed by atoms with Crippen LogP contribution in [0.15, 0.2) is 53.4 Å². The van der Waals surface area contributed by atoms with Crippen molar-refractivity contribution >= 4 is 23.1 Å². The number of carbonyl (C=O) groups is 1. The van der Waals surface area contributed by atoms with E-state index >= 15 is 0 Å². The first-order chi connectivity index (χ1) is 11.2. The van der Waals surface area contributed by atoms with E-state index < -0.39 is 0 Å². The molecular formula is C17H15N3O2S. The van der Waals surface area contributed by atoms with Gasteiger partial charge in [0.05, 0.1) is 11.2 Å². The number of pyridine rings is 1. The van der Waals surface area contributed by atoms with Crippen LogP contribution in [0, 0.1) is 6.92 Å². The molecule has 1 amide bonds. The normalized spacial score (nSPS) is 10.3. The summed E-state index contributed by atoms with van der Waals surface area (Å²) in [5.74, 6) is 0.939. The number of hydrogen-bond acceptors (Lipinski definition) is 5. The molecule has 1 N–H and O–H groups in total. The minimum atomic E-state index is -0.220. The van der Waals surface area contributed by atoms with E-state index in [2.05, 4.69) is 15.3 Å². The Morgan fingerprint density at radius 1 is 1.26 bits per heavy atom. The molecule has 0 aliphatic heterocycles. The topological polar surface area (TPSA) is 64.1 Å². The number of ether oxygens (including phenoxy) is 1. The summed E-state index contributed by atoms with van der Waals surface area (Å²) in [5.41, 5.74) is 4.00. The largest absolute Gasteiger partial charge is 0.487 e. The third-order valence-electron chi connectivity index (χ3n) is 3.10. The molecule has 0 atom stereocenters.